The summed E-state index contributed by atoms with van der Waals surface area (Å²) in [6.45, 7) is 10.6. The number of cyclic esters (lactones) is 1. The first kappa shape index (κ1) is 19.1. The van der Waals surface area contributed by atoms with E-state index in [0.717, 1.165) is 4.90 Å². The quantitative estimate of drug-likeness (QED) is 0.800. The van der Waals surface area contributed by atoms with Crippen LogP contribution in [-0.2, 0) is 14.2 Å². The van der Waals surface area contributed by atoms with Crippen molar-refractivity contribution in [2.24, 2.45) is 0 Å². The number of rotatable bonds is 3. The number of nitrogens with zero attached hydrogens (tertiary/aromatic N) is 1. The smallest absolute Gasteiger partial charge is 0.419 e. The number of hydrogen-bond donors (Lipinski definition) is 1. The number of alkyl carbamates (subject to hydrolysis) is 1. The Morgan fingerprint density at radius 1 is 1.13 bits per heavy atom. The van der Waals surface area contributed by atoms with E-state index in [1.165, 1.54) is 0 Å². The van der Waals surface area contributed by atoms with Crippen LogP contribution in [-0.4, -0.2) is 53.6 Å². The molecule has 1 heterocycles. The molecule has 1 unspecified atom stereocenters. The Balaban J connectivity index is 2.72. The van der Waals surface area contributed by atoms with Crippen molar-refractivity contribution in [1.82, 2.24) is 10.2 Å². The highest BCUT2D eigenvalue weighted by atomic mass is 16.6. The van der Waals surface area contributed by atoms with Crippen LogP contribution in [0.1, 0.15) is 48.0 Å². The molecule has 23 heavy (non-hydrogen) atoms. The summed E-state index contributed by atoms with van der Waals surface area (Å²) < 4.78 is 15.5. The fraction of sp³-hybridized carbons (Fsp3) is 0.800. The summed E-state index contributed by atoms with van der Waals surface area (Å²) in [6, 6.07) is 0. The average molecular weight is 330 g/mol. The van der Waals surface area contributed by atoms with Crippen molar-refractivity contribution < 1.29 is 28.6 Å². The summed E-state index contributed by atoms with van der Waals surface area (Å²) in [5, 5.41) is 2.52. The Hall–Kier alpha value is -1.99. The normalized spacial score (nSPS) is 18.0. The molecule has 1 atom stereocenters. The first-order chi connectivity index (χ1) is 10.4. The van der Waals surface area contributed by atoms with Gasteiger partial charge < -0.3 is 19.5 Å². The molecule has 0 aromatic rings. The monoisotopic (exact) mass is 330 g/mol. The third kappa shape index (κ3) is 7.21. The second-order valence-corrected chi connectivity index (χ2v) is 7.31. The standard InChI is InChI=1S/C15H26N2O6/c1-14(2,3)22-12(19)17(13(20)23-15(4,5)6)8-7-10-9-16-11(18)21-10/h10H,7-9H2,1-6H3,(H,16,18). The number of carbonyl (C=O) groups excluding carboxylic acids is 3. The molecule has 8 heteroatoms. The van der Waals surface area contributed by atoms with Gasteiger partial charge in [-0.3, -0.25) is 0 Å². The lowest BCUT2D eigenvalue weighted by atomic mass is 10.2. The van der Waals surface area contributed by atoms with Crippen LogP contribution in [0, 0.1) is 0 Å². The summed E-state index contributed by atoms with van der Waals surface area (Å²) >= 11 is 0. The molecule has 1 aliphatic rings. The van der Waals surface area contributed by atoms with Crippen LogP contribution in [0.15, 0.2) is 0 Å². The van der Waals surface area contributed by atoms with Gasteiger partial charge in [-0.2, -0.15) is 0 Å². The largest absolute Gasteiger partial charge is 0.444 e. The molecule has 0 saturated carbocycles. The van der Waals surface area contributed by atoms with E-state index in [0.29, 0.717) is 13.0 Å². The van der Waals surface area contributed by atoms with Crippen molar-refractivity contribution in [3.8, 4) is 0 Å². The summed E-state index contributed by atoms with van der Waals surface area (Å²) in [6.07, 6.45) is -2.17. The maximum Gasteiger partial charge on any atom is 0.419 e. The van der Waals surface area contributed by atoms with Crippen LogP contribution in [0.3, 0.4) is 0 Å². The number of nitrogens with one attached hydrogen (secondary N) is 1. The SMILES string of the molecule is CC(C)(C)OC(=O)N(CCC1CNC(=O)O1)C(=O)OC(C)(C)C. The Labute approximate surface area is 136 Å². The second kappa shape index (κ2) is 7.06. The van der Waals surface area contributed by atoms with Gasteiger partial charge in [-0.15, -0.1) is 0 Å². The summed E-state index contributed by atoms with van der Waals surface area (Å²) in [5.74, 6) is 0. The lowest BCUT2D eigenvalue weighted by Crippen LogP contribution is -2.44. The number of ether oxygens (including phenoxy) is 3. The number of amides is 3. The fourth-order valence-corrected chi connectivity index (χ4v) is 1.76. The van der Waals surface area contributed by atoms with E-state index in [1.807, 2.05) is 0 Å². The van der Waals surface area contributed by atoms with Crippen LogP contribution in [0.5, 0.6) is 0 Å². The summed E-state index contributed by atoms with van der Waals surface area (Å²) in [7, 11) is 0. The van der Waals surface area contributed by atoms with E-state index in [9.17, 15) is 14.4 Å². The molecule has 0 aliphatic carbocycles. The molecule has 1 aliphatic heterocycles. The first-order valence-corrected chi connectivity index (χ1v) is 7.55. The minimum atomic E-state index is -0.788. The van der Waals surface area contributed by atoms with Crippen molar-refractivity contribution in [2.75, 3.05) is 13.1 Å². The van der Waals surface area contributed by atoms with E-state index >= 15 is 0 Å². The fourth-order valence-electron chi connectivity index (χ4n) is 1.76. The Morgan fingerprint density at radius 2 is 1.61 bits per heavy atom. The summed E-state index contributed by atoms with van der Waals surface area (Å²) in [5.41, 5.74) is -1.47. The van der Waals surface area contributed by atoms with Crippen LogP contribution in [0.4, 0.5) is 14.4 Å². The van der Waals surface area contributed by atoms with Gasteiger partial charge in [0.05, 0.1) is 6.54 Å². The Morgan fingerprint density at radius 3 is 1.96 bits per heavy atom. The predicted octanol–water partition coefficient (Wildman–Crippen LogP) is 2.66. The predicted molar refractivity (Wildman–Crippen MR) is 82.1 cm³/mol. The van der Waals surface area contributed by atoms with Crippen LogP contribution in [0.25, 0.3) is 0 Å². The van der Waals surface area contributed by atoms with E-state index in [2.05, 4.69) is 5.32 Å². The molecule has 132 valence electrons. The van der Waals surface area contributed by atoms with Crippen LogP contribution < -0.4 is 5.32 Å². The second-order valence-electron chi connectivity index (χ2n) is 7.31. The molecular formula is C15H26N2O6. The van der Waals surface area contributed by atoms with Gasteiger partial charge in [0.15, 0.2) is 0 Å². The van der Waals surface area contributed by atoms with Crippen molar-refractivity contribution in [1.29, 1.82) is 0 Å². The Kier molecular flexibility index (Phi) is 5.85. The Bertz CT molecular complexity index is 436. The van der Waals surface area contributed by atoms with E-state index in [4.69, 9.17) is 14.2 Å². The van der Waals surface area contributed by atoms with Crippen molar-refractivity contribution >= 4 is 18.3 Å². The van der Waals surface area contributed by atoms with Crippen LogP contribution >= 0.6 is 0 Å². The van der Waals surface area contributed by atoms with Gasteiger partial charge in [-0.25, -0.2) is 19.3 Å². The lowest BCUT2D eigenvalue weighted by Gasteiger charge is -2.28. The van der Waals surface area contributed by atoms with Gasteiger partial charge in [0, 0.05) is 13.0 Å². The minimum Gasteiger partial charge on any atom is -0.444 e. The van der Waals surface area contributed by atoms with Gasteiger partial charge in [-0.1, -0.05) is 0 Å². The minimum absolute atomic E-state index is 0.0312. The number of hydrogen-bond acceptors (Lipinski definition) is 6. The molecule has 3 amide bonds. The zero-order valence-corrected chi connectivity index (χ0v) is 14.6. The van der Waals surface area contributed by atoms with E-state index < -0.39 is 35.6 Å². The van der Waals surface area contributed by atoms with Gasteiger partial charge in [-0.05, 0) is 41.5 Å². The van der Waals surface area contributed by atoms with Crippen molar-refractivity contribution in [2.45, 2.75) is 65.3 Å². The highest BCUT2D eigenvalue weighted by molar-refractivity contribution is 5.88. The van der Waals surface area contributed by atoms with Gasteiger partial charge in [0.1, 0.15) is 17.3 Å². The van der Waals surface area contributed by atoms with Gasteiger partial charge >= 0.3 is 18.3 Å². The molecular weight excluding hydrogens is 304 g/mol. The van der Waals surface area contributed by atoms with Crippen LogP contribution in [0.2, 0.25) is 0 Å². The van der Waals surface area contributed by atoms with Crippen molar-refractivity contribution in [3.05, 3.63) is 0 Å². The molecule has 0 radical (unpaired) electrons. The van der Waals surface area contributed by atoms with Gasteiger partial charge in [0.2, 0.25) is 0 Å². The maximum absolute atomic E-state index is 12.2. The number of imide groups is 1. The molecule has 1 N–H and O–H groups in total. The third-order valence-corrected chi connectivity index (χ3v) is 2.65. The van der Waals surface area contributed by atoms with E-state index in [-0.39, 0.29) is 6.54 Å². The van der Waals surface area contributed by atoms with Crippen molar-refractivity contribution in [3.63, 3.8) is 0 Å². The maximum atomic E-state index is 12.2. The molecule has 8 nitrogen and oxygen atoms in total. The zero-order chi connectivity index (χ0) is 17.8. The third-order valence-electron chi connectivity index (χ3n) is 2.65. The molecule has 1 rings (SSSR count). The average Bonchev–Trinajstić information content (AvgIpc) is 2.70. The first-order valence-electron chi connectivity index (χ1n) is 7.55. The zero-order valence-electron chi connectivity index (χ0n) is 14.6. The lowest BCUT2D eigenvalue weighted by molar-refractivity contribution is -0.000312. The molecule has 0 aromatic carbocycles. The highest BCUT2D eigenvalue weighted by Crippen LogP contribution is 2.16. The molecule has 0 spiro atoms. The topological polar surface area (TPSA) is 94.2 Å². The summed E-state index contributed by atoms with van der Waals surface area (Å²) in [4.78, 5) is 36.4. The molecule has 1 saturated heterocycles. The molecule has 0 bridgehead atoms. The molecule has 1 fully saturated rings. The van der Waals surface area contributed by atoms with Gasteiger partial charge in [0.25, 0.3) is 0 Å². The highest BCUT2D eigenvalue weighted by Gasteiger charge is 2.32. The molecule has 0 aromatic heterocycles. The van der Waals surface area contributed by atoms with E-state index in [1.54, 1.807) is 41.5 Å². The number of carbonyl (C=O) groups is 3.